The summed E-state index contributed by atoms with van der Waals surface area (Å²) in [6, 6.07) is -0.807. The molecule has 68 valence electrons. The van der Waals surface area contributed by atoms with Crippen molar-refractivity contribution in [3.05, 3.63) is 11.9 Å². The van der Waals surface area contributed by atoms with E-state index in [1.165, 1.54) is 0 Å². The lowest BCUT2D eigenvalue weighted by Gasteiger charge is -2.16. The zero-order chi connectivity index (χ0) is 9.14. The molecule has 5 heteroatoms. The van der Waals surface area contributed by atoms with Crippen LogP contribution in [0.15, 0.2) is 11.9 Å². The summed E-state index contributed by atoms with van der Waals surface area (Å²) >= 11 is 0. The number of nitrogens with one attached hydrogen (secondary N) is 1. The summed E-state index contributed by atoms with van der Waals surface area (Å²) in [4.78, 5) is 12.3. The largest absolute Gasteiger partial charge is 0.480 e. The summed E-state index contributed by atoms with van der Waals surface area (Å²) in [5.74, 6) is -0.962. The van der Waals surface area contributed by atoms with Crippen molar-refractivity contribution in [1.82, 2.24) is 10.2 Å². The molecule has 0 radical (unpaired) electrons. The third-order valence-corrected chi connectivity index (χ3v) is 1.83. The Kier molecular flexibility index (Phi) is 2.54. The van der Waals surface area contributed by atoms with E-state index in [9.17, 15) is 4.79 Å². The molecule has 0 spiro atoms. The number of carboxylic acid groups (broad SMARTS) is 1. The van der Waals surface area contributed by atoms with Gasteiger partial charge in [-0.05, 0) is 0 Å². The van der Waals surface area contributed by atoms with Gasteiger partial charge in [-0.15, -0.1) is 0 Å². The molecular formula is C7H13N3O2. The van der Waals surface area contributed by atoms with Crippen LogP contribution >= 0.6 is 0 Å². The number of hydrogen-bond donors (Lipinski definition) is 3. The highest BCUT2D eigenvalue weighted by Crippen LogP contribution is 2.11. The van der Waals surface area contributed by atoms with Crippen molar-refractivity contribution in [2.75, 3.05) is 13.7 Å². The molecule has 1 atom stereocenters. The van der Waals surface area contributed by atoms with Gasteiger partial charge >= 0.3 is 5.97 Å². The van der Waals surface area contributed by atoms with Crippen molar-refractivity contribution in [2.24, 2.45) is 5.73 Å². The molecule has 1 unspecified atom stereocenters. The molecule has 12 heavy (non-hydrogen) atoms. The van der Waals surface area contributed by atoms with Crippen LogP contribution in [-0.2, 0) is 4.79 Å². The molecule has 0 amide bonds. The molecule has 0 fully saturated rings. The maximum atomic E-state index is 10.4. The van der Waals surface area contributed by atoms with E-state index in [1.807, 2.05) is 11.9 Å². The van der Waals surface area contributed by atoms with E-state index in [-0.39, 0.29) is 0 Å². The van der Waals surface area contributed by atoms with Crippen molar-refractivity contribution in [2.45, 2.75) is 12.5 Å². The average Bonchev–Trinajstić information content (AvgIpc) is 2.36. The number of nitrogens with zero attached hydrogens (tertiary/aromatic N) is 1. The van der Waals surface area contributed by atoms with E-state index < -0.39 is 12.0 Å². The third-order valence-electron chi connectivity index (χ3n) is 1.83. The lowest BCUT2D eigenvalue weighted by atomic mass is 10.2. The molecule has 1 rings (SSSR count). The highest BCUT2D eigenvalue weighted by Gasteiger charge is 2.18. The smallest absolute Gasteiger partial charge is 0.320 e. The summed E-state index contributed by atoms with van der Waals surface area (Å²) in [6.07, 6.45) is 2.17. The van der Waals surface area contributed by atoms with Crippen LogP contribution in [0.5, 0.6) is 0 Å². The fraction of sp³-hybridized carbons (Fsp3) is 0.571. The predicted molar refractivity (Wildman–Crippen MR) is 44.1 cm³/mol. The minimum absolute atomic E-state index is 0.374. The summed E-state index contributed by atoms with van der Waals surface area (Å²) in [5.41, 5.74) is 6.30. The lowest BCUT2D eigenvalue weighted by Crippen LogP contribution is -2.32. The zero-order valence-electron chi connectivity index (χ0n) is 6.95. The molecule has 0 aromatic carbocycles. The number of nitrogens with two attached hydrogens (primary N) is 1. The standard InChI is InChI=1S/C7H13N3O2/c1-10-4-9-3-5(10)2-6(8)7(11)12/h3,6,9H,2,4,8H2,1H3,(H,11,12). The van der Waals surface area contributed by atoms with Crippen LogP contribution in [-0.4, -0.2) is 35.7 Å². The molecule has 4 N–H and O–H groups in total. The van der Waals surface area contributed by atoms with E-state index in [2.05, 4.69) is 5.32 Å². The van der Waals surface area contributed by atoms with Crippen LogP contribution in [0.1, 0.15) is 6.42 Å². The molecule has 5 nitrogen and oxygen atoms in total. The van der Waals surface area contributed by atoms with Gasteiger partial charge < -0.3 is 21.1 Å². The van der Waals surface area contributed by atoms with E-state index in [1.54, 1.807) is 6.20 Å². The van der Waals surface area contributed by atoms with Crippen molar-refractivity contribution in [3.63, 3.8) is 0 Å². The first kappa shape index (κ1) is 8.86. The van der Waals surface area contributed by atoms with Gasteiger partial charge in [0.15, 0.2) is 0 Å². The Labute approximate surface area is 70.8 Å². The molecule has 1 heterocycles. The van der Waals surface area contributed by atoms with Gasteiger partial charge in [0.05, 0.1) is 6.67 Å². The van der Waals surface area contributed by atoms with Crippen LogP contribution in [0.2, 0.25) is 0 Å². The predicted octanol–water partition coefficient (Wildman–Crippen LogP) is -0.878. The number of aliphatic carboxylic acids is 1. The molecule has 1 aliphatic heterocycles. The molecule has 0 aromatic heterocycles. The highest BCUT2D eigenvalue weighted by atomic mass is 16.4. The van der Waals surface area contributed by atoms with Gasteiger partial charge in [-0.2, -0.15) is 0 Å². The monoisotopic (exact) mass is 171 g/mol. The summed E-state index contributed by atoms with van der Waals surface area (Å²) in [5, 5.41) is 11.5. The average molecular weight is 171 g/mol. The molecule has 0 bridgehead atoms. The van der Waals surface area contributed by atoms with Crippen LogP contribution in [0.3, 0.4) is 0 Å². The fourth-order valence-corrected chi connectivity index (χ4v) is 1.04. The Morgan fingerprint density at radius 2 is 2.67 bits per heavy atom. The molecule has 1 aliphatic rings. The minimum atomic E-state index is -0.962. The first-order valence-corrected chi connectivity index (χ1v) is 3.73. The first-order chi connectivity index (χ1) is 5.61. The minimum Gasteiger partial charge on any atom is -0.480 e. The molecule has 0 saturated carbocycles. The third kappa shape index (κ3) is 1.88. The van der Waals surface area contributed by atoms with Crippen molar-refractivity contribution >= 4 is 5.97 Å². The van der Waals surface area contributed by atoms with Gasteiger partial charge in [0, 0.05) is 25.4 Å². The lowest BCUT2D eigenvalue weighted by molar-refractivity contribution is -0.138. The molecule has 0 aliphatic carbocycles. The highest BCUT2D eigenvalue weighted by molar-refractivity contribution is 5.73. The molecule has 0 saturated heterocycles. The van der Waals surface area contributed by atoms with E-state index >= 15 is 0 Å². The normalized spacial score (nSPS) is 18.5. The van der Waals surface area contributed by atoms with Gasteiger partial charge in [-0.3, -0.25) is 4.79 Å². The number of rotatable bonds is 3. The Bertz CT molecular complexity index is 215. The Morgan fingerprint density at radius 1 is 2.00 bits per heavy atom. The summed E-state index contributed by atoms with van der Waals surface area (Å²) < 4.78 is 0. The van der Waals surface area contributed by atoms with Gasteiger partial charge in [0.25, 0.3) is 0 Å². The summed E-state index contributed by atoms with van der Waals surface area (Å²) in [7, 11) is 1.89. The van der Waals surface area contributed by atoms with Crippen LogP contribution in [0.4, 0.5) is 0 Å². The second-order valence-corrected chi connectivity index (χ2v) is 2.84. The SMILES string of the molecule is CN1CNC=C1CC(N)C(=O)O. The van der Waals surface area contributed by atoms with Gasteiger partial charge in [0.1, 0.15) is 6.04 Å². The van der Waals surface area contributed by atoms with Gasteiger partial charge in [0.2, 0.25) is 0 Å². The van der Waals surface area contributed by atoms with Crippen LogP contribution in [0, 0.1) is 0 Å². The van der Waals surface area contributed by atoms with Crippen LogP contribution < -0.4 is 11.1 Å². The number of hydrogen-bond acceptors (Lipinski definition) is 4. The molecule has 0 aromatic rings. The maximum Gasteiger partial charge on any atom is 0.320 e. The van der Waals surface area contributed by atoms with E-state index in [0.717, 1.165) is 12.4 Å². The van der Waals surface area contributed by atoms with Gasteiger partial charge in [-0.1, -0.05) is 0 Å². The van der Waals surface area contributed by atoms with Gasteiger partial charge in [-0.25, -0.2) is 0 Å². The van der Waals surface area contributed by atoms with E-state index in [0.29, 0.717) is 6.42 Å². The topological polar surface area (TPSA) is 78.6 Å². The van der Waals surface area contributed by atoms with Crippen molar-refractivity contribution in [1.29, 1.82) is 0 Å². The fourth-order valence-electron chi connectivity index (χ4n) is 1.04. The maximum absolute atomic E-state index is 10.4. The second-order valence-electron chi connectivity index (χ2n) is 2.84. The quantitative estimate of drug-likeness (QED) is 0.514. The first-order valence-electron chi connectivity index (χ1n) is 3.73. The van der Waals surface area contributed by atoms with Crippen LogP contribution in [0.25, 0.3) is 0 Å². The molecular weight excluding hydrogens is 158 g/mol. The second kappa shape index (κ2) is 3.44. The Balaban J connectivity index is 2.45. The van der Waals surface area contributed by atoms with E-state index in [4.69, 9.17) is 10.8 Å². The number of carbonyl (C=O) groups is 1. The Hall–Kier alpha value is -1.23. The Morgan fingerprint density at radius 3 is 3.08 bits per heavy atom. The summed E-state index contributed by atoms with van der Waals surface area (Å²) in [6.45, 7) is 0.724. The van der Waals surface area contributed by atoms with Crippen molar-refractivity contribution in [3.8, 4) is 0 Å². The number of carboxylic acids is 1. The zero-order valence-corrected chi connectivity index (χ0v) is 6.95. The van der Waals surface area contributed by atoms with Crippen molar-refractivity contribution < 1.29 is 9.90 Å².